The molecule has 1 amide bonds. The Morgan fingerprint density at radius 1 is 1.27 bits per heavy atom. The number of halogens is 1. The quantitative estimate of drug-likeness (QED) is 0.688. The smallest absolute Gasteiger partial charge is 0.353 e. The molecule has 1 aliphatic rings. The molecule has 1 aromatic carbocycles. The average Bonchev–Trinajstić information content (AvgIpc) is 2.95. The second-order valence-electron chi connectivity index (χ2n) is 7.41. The van der Waals surface area contributed by atoms with E-state index in [4.69, 9.17) is 16.9 Å². The second-order valence-corrected chi connectivity index (χ2v) is 7.81. The summed E-state index contributed by atoms with van der Waals surface area (Å²) < 4.78 is 1.66. The van der Waals surface area contributed by atoms with E-state index in [0.717, 1.165) is 41.1 Å². The van der Waals surface area contributed by atoms with Crippen LogP contribution in [0.3, 0.4) is 0 Å². The minimum Gasteiger partial charge on any atom is -0.388 e. The van der Waals surface area contributed by atoms with Crippen LogP contribution in [0.4, 0.5) is 0 Å². The molecule has 1 fully saturated rings. The average molecular weight is 432 g/mol. The topological polar surface area (TPSA) is 130 Å². The number of nitriles is 1. The number of nitrogens with one attached hydrogen (secondary N) is 1. The van der Waals surface area contributed by atoms with Crippen molar-refractivity contribution in [2.24, 2.45) is 0 Å². The van der Waals surface area contributed by atoms with Gasteiger partial charge in [-0.05, 0) is 31.0 Å². The molecule has 0 saturated heterocycles. The van der Waals surface area contributed by atoms with Gasteiger partial charge < -0.3 is 10.4 Å². The van der Waals surface area contributed by atoms with E-state index in [1.54, 1.807) is 6.07 Å². The third kappa shape index (κ3) is 4.78. The molecule has 1 aromatic heterocycles. The number of aliphatic hydroxyl groups is 1. The molecule has 9 nitrogen and oxygen atoms in total. The molecule has 0 aliphatic heterocycles. The van der Waals surface area contributed by atoms with Crippen molar-refractivity contribution in [1.82, 2.24) is 19.7 Å². The highest BCUT2D eigenvalue weighted by Crippen LogP contribution is 2.26. The van der Waals surface area contributed by atoms with Crippen LogP contribution in [0.25, 0.3) is 5.69 Å². The number of benzene rings is 1. The predicted molar refractivity (Wildman–Crippen MR) is 110 cm³/mol. The van der Waals surface area contributed by atoms with Crippen LogP contribution in [0.1, 0.15) is 48.9 Å². The van der Waals surface area contributed by atoms with E-state index in [0.29, 0.717) is 12.8 Å². The first-order valence-corrected chi connectivity index (χ1v) is 10.1. The Bertz CT molecular complexity index is 1090. The monoisotopic (exact) mass is 431 g/mol. The minimum atomic E-state index is -0.943. The molecule has 10 heteroatoms. The van der Waals surface area contributed by atoms with Crippen LogP contribution in [0.5, 0.6) is 0 Å². The van der Waals surface area contributed by atoms with Gasteiger partial charge in [0.25, 0.3) is 11.5 Å². The summed E-state index contributed by atoms with van der Waals surface area (Å²) in [5.41, 5.74) is -2.11. The number of carbonyl (C=O) groups is 1. The Labute approximate surface area is 177 Å². The Kier molecular flexibility index (Phi) is 6.70. The Morgan fingerprint density at radius 2 is 1.97 bits per heavy atom. The third-order valence-electron chi connectivity index (χ3n) is 5.24. The zero-order valence-electron chi connectivity index (χ0n) is 16.3. The van der Waals surface area contributed by atoms with Crippen molar-refractivity contribution in [3.63, 3.8) is 0 Å². The van der Waals surface area contributed by atoms with E-state index in [1.165, 1.54) is 18.2 Å². The third-order valence-corrected chi connectivity index (χ3v) is 5.57. The molecule has 158 valence electrons. The molecule has 1 aliphatic carbocycles. The van der Waals surface area contributed by atoms with Crippen molar-refractivity contribution < 1.29 is 9.90 Å². The lowest BCUT2D eigenvalue weighted by atomic mass is 9.94. The highest BCUT2D eigenvalue weighted by molar-refractivity contribution is 6.33. The first-order chi connectivity index (χ1) is 14.3. The normalized spacial score (nSPS) is 15.8. The molecule has 0 atom stereocenters. The standard InChI is InChI=1S/C20H22ClN5O4/c21-16-6-5-14(26-19(29)25(10-9-22)17(27)12-24-26)11-15(16)18(28)23-13-20(30)7-3-1-2-4-8-20/h5-6,11-12,30H,1-4,7-8,10,13H2,(H,23,28). The van der Waals surface area contributed by atoms with Gasteiger partial charge in [0.15, 0.2) is 0 Å². The largest absolute Gasteiger partial charge is 0.388 e. The first kappa shape index (κ1) is 21.7. The van der Waals surface area contributed by atoms with Gasteiger partial charge in [-0.1, -0.05) is 37.3 Å². The van der Waals surface area contributed by atoms with E-state index in [-0.39, 0.29) is 22.8 Å². The zero-order chi connectivity index (χ0) is 21.7. The van der Waals surface area contributed by atoms with Crippen molar-refractivity contribution in [1.29, 1.82) is 5.26 Å². The molecule has 0 bridgehead atoms. The summed E-state index contributed by atoms with van der Waals surface area (Å²) in [7, 11) is 0. The number of aromatic nitrogens is 3. The second kappa shape index (κ2) is 9.24. The highest BCUT2D eigenvalue weighted by Gasteiger charge is 2.28. The van der Waals surface area contributed by atoms with E-state index in [2.05, 4.69) is 10.4 Å². The molecule has 0 unspecified atom stereocenters. The summed E-state index contributed by atoms with van der Waals surface area (Å²) >= 11 is 6.18. The van der Waals surface area contributed by atoms with Crippen molar-refractivity contribution in [2.45, 2.75) is 50.7 Å². The number of rotatable bonds is 5. The zero-order valence-corrected chi connectivity index (χ0v) is 17.1. The summed E-state index contributed by atoms with van der Waals surface area (Å²) in [5, 5.41) is 26.3. The SMILES string of the molecule is N#CCn1c(=O)cnn(-c2ccc(Cl)c(C(=O)NCC3(O)CCCCCC3)c2)c1=O. The minimum absolute atomic E-state index is 0.109. The fourth-order valence-electron chi connectivity index (χ4n) is 3.55. The molecular formula is C20H22ClN5O4. The van der Waals surface area contributed by atoms with E-state index in [9.17, 15) is 19.5 Å². The van der Waals surface area contributed by atoms with Crippen LogP contribution in [-0.2, 0) is 6.54 Å². The fraction of sp³-hybridized carbons (Fsp3) is 0.450. The van der Waals surface area contributed by atoms with Crippen LogP contribution in [0.2, 0.25) is 5.02 Å². The molecule has 2 N–H and O–H groups in total. The molecule has 30 heavy (non-hydrogen) atoms. The van der Waals surface area contributed by atoms with E-state index >= 15 is 0 Å². The lowest BCUT2D eigenvalue weighted by Gasteiger charge is -2.26. The van der Waals surface area contributed by atoms with Gasteiger partial charge in [-0.2, -0.15) is 15.0 Å². The summed E-state index contributed by atoms with van der Waals surface area (Å²) in [6.07, 6.45) is 6.14. The molecule has 1 saturated carbocycles. The van der Waals surface area contributed by atoms with Crippen molar-refractivity contribution >= 4 is 17.5 Å². The predicted octanol–water partition coefficient (Wildman–Crippen LogP) is 1.39. The molecular weight excluding hydrogens is 410 g/mol. The van der Waals surface area contributed by atoms with Crippen LogP contribution >= 0.6 is 11.6 Å². The van der Waals surface area contributed by atoms with Gasteiger partial charge in [0.2, 0.25) is 0 Å². The van der Waals surface area contributed by atoms with Gasteiger partial charge in [0.05, 0.1) is 27.9 Å². The molecule has 0 spiro atoms. The van der Waals surface area contributed by atoms with Gasteiger partial charge in [-0.15, -0.1) is 0 Å². The van der Waals surface area contributed by atoms with Gasteiger partial charge in [-0.25, -0.2) is 9.36 Å². The van der Waals surface area contributed by atoms with Gasteiger partial charge in [-0.3, -0.25) is 9.59 Å². The number of hydrogen-bond donors (Lipinski definition) is 2. The fourth-order valence-corrected chi connectivity index (χ4v) is 3.75. The maximum Gasteiger partial charge on any atom is 0.353 e. The summed E-state index contributed by atoms with van der Waals surface area (Å²) in [4.78, 5) is 37.0. The van der Waals surface area contributed by atoms with Crippen molar-refractivity contribution in [3.8, 4) is 11.8 Å². The highest BCUT2D eigenvalue weighted by atomic mass is 35.5. The maximum atomic E-state index is 12.7. The van der Waals surface area contributed by atoms with Crippen LogP contribution < -0.4 is 16.6 Å². The lowest BCUT2D eigenvalue weighted by Crippen LogP contribution is -2.42. The lowest BCUT2D eigenvalue weighted by molar-refractivity contribution is 0.0246. The molecule has 3 rings (SSSR count). The summed E-state index contributed by atoms with van der Waals surface area (Å²) in [5.74, 6) is -0.488. The Morgan fingerprint density at radius 3 is 2.63 bits per heavy atom. The number of nitrogens with zero attached hydrogens (tertiary/aromatic N) is 4. The Balaban J connectivity index is 1.86. The number of hydrogen-bond acceptors (Lipinski definition) is 6. The number of amides is 1. The van der Waals surface area contributed by atoms with Gasteiger partial charge in [0.1, 0.15) is 12.7 Å². The van der Waals surface area contributed by atoms with Gasteiger partial charge >= 0.3 is 5.69 Å². The molecule has 0 radical (unpaired) electrons. The van der Waals surface area contributed by atoms with Crippen LogP contribution in [0.15, 0.2) is 34.0 Å². The first-order valence-electron chi connectivity index (χ1n) is 9.71. The maximum absolute atomic E-state index is 12.7. The van der Waals surface area contributed by atoms with Crippen molar-refractivity contribution in [3.05, 3.63) is 55.8 Å². The van der Waals surface area contributed by atoms with Crippen LogP contribution in [-0.4, -0.2) is 37.5 Å². The number of carbonyl (C=O) groups excluding carboxylic acids is 1. The molecule has 1 heterocycles. The van der Waals surface area contributed by atoms with Gasteiger partial charge in [0, 0.05) is 6.54 Å². The molecule has 2 aromatic rings. The van der Waals surface area contributed by atoms with E-state index in [1.807, 2.05) is 0 Å². The summed E-state index contributed by atoms with van der Waals surface area (Å²) in [6.45, 7) is -0.308. The Hall–Kier alpha value is -2.96. The van der Waals surface area contributed by atoms with Crippen LogP contribution in [0, 0.1) is 11.3 Å². The van der Waals surface area contributed by atoms with Crippen molar-refractivity contribution in [2.75, 3.05) is 6.54 Å². The van der Waals surface area contributed by atoms with E-state index < -0.39 is 29.3 Å². The summed E-state index contributed by atoms with van der Waals surface area (Å²) in [6, 6.07) is 6.06.